The van der Waals surface area contributed by atoms with Crippen molar-refractivity contribution in [2.75, 3.05) is 25.0 Å². The minimum atomic E-state index is -3.60. The molecule has 1 aromatic rings. The van der Waals surface area contributed by atoms with Crippen LogP contribution in [0.2, 0.25) is 0 Å². The zero-order valence-electron chi connectivity index (χ0n) is 14.6. The van der Waals surface area contributed by atoms with Crippen LogP contribution in [0.3, 0.4) is 0 Å². The van der Waals surface area contributed by atoms with Gasteiger partial charge in [-0.1, -0.05) is 18.6 Å². The summed E-state index contributed by atoms with van der Waals surface area (Å²) in [6.45, 7) is 3.35. The van der Waals surface area contributed by atoms with E-state index in [4.69, 9.17) is 4.74 Å². The maximum absolute atomic E-state index is 12.9. The summed E-state index contributed by atoms with van der Waals surface area (Å²) in [5.41, 5.74) is 0.319. The molecule has 138 valence electrons. The Bertz CT molecular complexity index is 710. The Morgan fingerprint density at radius 1 is 1.24 bits per heavy atom. The molecule has 1 aliphatic carbocycles. The predicted molar refractivity (Wildman–Crippen MR) is 95.8 cm³/mol. The average Bonchev–Trinajstić information content (AvgIpc) is 3.45. The molecule has 0 aromatic heterocycles. The fraction of sp³-hybridized carbons (Fsp3) is 0.611. The van der Waals surface area contributed by atoms with Gasteiger partial charge >= 0.3 is 0 Å². The molecular formula is C18H26N2O4S. The van der Waals surface area contributed by atoms with E-state index < -0.39 is 16.1 Å². The number of benzene rings is 1. The van der Waals surface area contributed by atoms with Gasteiger partial charge in [0.2, 0.25) is 10.0 Å². The largest absolute Gasteiger partial charge is 0.368 e. The van der Waals surface area contributed by atoms with Gasteiger partial charge in [-0.2, -0.15) is 4.31 Å². The predicted octanol–water partition coefficient (Wildman–Crippen LogP) is 2.61. The summed E-state index contributed by atoms with van der Waals surface area (Å²) < 4.78 is 32.9. The molecule has 0 radical (unpaired) electrons. The number of nitrogens with zero attached hydrogens (tertiary/aromatic N) is 1. The molecule has 0 bridgehead atoms. The van der Waals surface area contributed by atoms with Crippen LogP contribution in [0.25, 0.3) is 0 Å². The maximum atomic E-state index is 12.9. The van der Waals surface area contributed by atoms with E-state index in [1.165, 1.54) is 4.31 Å². The number of nitrogens with one attached hydrogen (secondary N) is 1. The van der Waals surface area contributed by atoms with E-state index >= 15 is 0 Å². The standard InChI is InChI=1S/C18H26N2O4S/c1-14(24-13-15-9-10-15)18(21)19-16-7-3-4-8-17(16)25(22,23)20-11-5-2-6-12-20/h3-4,7-8,14-15H,2,5-6,9-13H2,1H3,(H,19,21). The zero-order valence-corrected chi connectivity index (χ0v) is 15.4. The molecular weight excluding hydrogens is 340 g/mol. The third-order valence-electron chi connectivity index (χ3n) is 4.73. The fourth-order valence-corrected chi connectivity index (χ4v) is 4.58. The topological polar surface area (TPSA) is 75.7 Å². The van der Waals surface area contributed by atoms with Gasteiger partial charge in [-0.25, -0.2) is 8.42 Å². The van der Waals surface area contributed by atoms with Crippen molar-refractivity contribution >= 4 is 21.6 Å². The van der Waals surface area contributed by atoms with Crippen molar-refractivity contribution in [3.05, 3.63) is 24.3 Å². The quantitative estimate of drug-likeness (QED) is 0.805. The molecule has 1 saturated heterocycles. The average molecular weight is 366 g/mol. The number of amides is 1. The smallest absolute Gasteiger partial charge is 0.253 e. The molecule has 1 heterocycles. The number of piperidine rings is 1. The Morgan fingerprint density at radius 2 is 1.92 bits per heavy atom. The van der Waals surface area contributed by atoms with Gasteiger partial charge in [0.15, 0.2) is 0 Å². The van der Waals surface area contributed by atoms with Crippen molar-refractivity contribution in [3.63, 3.8) is 0 Å². The van der Waals surface area contributed by atoms with Crippen molar-refractivity contribution in [3.8, 4) is 0 Å². The fourth-order valence-electron chi connectivity index (χ4n) is 2.91. The van der Waals surface area contributed by atoms with Crippen molar-refractivity contribution in [1.29, 1.82) is 0 Å². The lowest BCUT2D eigenvalue weighted by Gasteiger charge is -2.27. The van der Waals surface area contributed by atoms with Crippen LogP contribution in [0.5, 0.6) is 0 Å². The first kappa shape index (κ1) is 18.4. The second-order valence-corrected chi connectivity index (χ2v) is 8.78. The van der Waals surface area contributed by atoms with Crippen LogP contribution in [0.4, 0.5) is 5.69 Å². The number of ether oxygens (including phenoxy) is 1. The molecule has 1 unspecified atom stereocenters. The lowest BCUT2D eigenvalue weighted by atomic mass is 10.2. The normalized spacial score (nSPS) is 20.2. The Kier molecular flexibility index (Phi) is 5.76. The zero-order chi connectivity index (χ0) is 17.9. The molecule has 0 spiro atoms. The Morgan fingerprint density at radius 3 is 2.60 bits per heavy atom. The van der Waals surface area contributed by atoms with E-state index in [-0.39, 0.29) is 10.8 Å². The van der Waals surface area contributed by atoms with E-state index in [1.54, 1.807) is 31.2 Å². The maximum Gasteiger partial charge on any atom is 0.253 e. The van der Waals surface area contributed by atoms with Gasteiger partial charge in [0.1, 0.15) is 11.0 Å². The molecule has 1 aliphatic heterocycles. The Balaban J connectivity index is 1.72. The first-order valence-electron chi connectivity index (χ1n) is 9.00. The second-order valence-electron chi connectivity index (χ2n) is 6.87. The van der Waals surface area contributed by atoms with E-state index in [0.717, 1.165) is 32.1 Å². The molecule has 2 fully saturated rings. The highest BCUT2D eigenvalue weighted by Gasteiger charge is 2.29. The van der Waals surface area contributed by atoms with Crippen LogP contribution in [0.15, 0.2) is 29.2 Å². The summed E-state index contributed by atoms with van der Waals surface area (Å²) in [5, 5.41) is 2.73. The van der Waals surface area contributed by atoms with Gasteiger partial charge in [0.05, 0.1) is 12.3 Å². The number of sulfonamides is 1. The van der Waals surface area contributed by atoms with Gasteiger partial charge in [0, 0.05) is 13.1 Å². The first-order chi connectivity index (χ1) is 12.0. The van der Waals surface area contributed by atoms with Crippen LogP contribution in [-0.2, 0) is 19.6 Å². The molecule has 1 aromatic carbocycles. The summed E-state index contributed by atoms with van der Waals surface area (Å²) in [6, 6.07) is 6.58. The van der Waals surface area contributed by atoms with Crippen LogP contribution < -0.4 is 5.32 Å². The van der Waals surface area contributed by atoms with Crippen molar-refractivity contribution in [2.45, 2.75) is 50.0 Å². The van der Waals surface area contributed by atoms with Crippen LogP contribution in [-0.4, -0.2) is 44.4 Å². The number of hydrogen-bond donors (Lipinski definition) is 1. The van der Waals surface area contributed by atoms with Gasteiger partial charge in [-0.05, 0) is 50.7 Å². The highest BCUT2D eigenvalue weighted by atomic mass is 32.2. The van der Waals surface area contributed by atoms with Crippen LogP contribution in [0, 0.1) is 5.92 Å². The monoisotopic (exact) mass is 366 g/mol. The minimum Gasteiger partial charge on any atom is -0.368 e. The second kappa shape index (κ2) is 7.85. The van der Waals surface area contributed by atoms with Crippen molar-refractivity contribution in [2.24, 2.45) is 5.92 Å². The van der Waals surface area contributed by atoms with Gasteiger partial charge < -0.3 is 10.1 Å². The molecule has 7 heteroatoms. The first-order valence-corrected chi connectivity index (χ1v) is 10.4. The van der Waals surface area contributed by atoms with Crippen LogP contribution >= 0.6 is 0 Å². The van der Waals surface area contributed by atoms with Crippen molar-refractivity contribution in [1.82, 2.24) is 4.31 Å². The van der Waals surface area contributed by atoms with Gasteiger partial charge in [0.25, 0.3) is 5.91 Å². The number of carbonyl (C=O) groups excluding carboxylic acids is 1. The highest BCUT2D eigenvalue weighted by molar-refractivity contribution is 7.89. The third kappa shape index (κ3) is 4.59. The summed E-state index contributed by atoms with van der Waals surface area (Å²) in [6.07, 6.45) is 4.52. The minimum absolute atomic E-state index is 0.152. The van der Waals surface area contributed by atoms with Gasteiger partial charge in [-0.3, -0.25) is 4.79 Å². The lowest BCUT2D eigenvalue weighted by molar-refractivity contribution is -0.126. The molecule has 1 saturated carbocycles. The summed E-state index contributed by atoms with van der Waals surface area (Å²) >= 11 is 0. The lowest BCUT2D eigenvalue weighted by Crippen LogP contribution is -2.36. The van der Waals surface area contributed by atoms with Gasteiger partial charge in [-0.15, -0.1) is 0 Å². The van der Waals surface area contributed by atoms with E-state index in [2.05, 4.69) is 5.32 Å². The molecule has 1 atom stereocenters. The molecule has 2 aliphatic rings. The number of para-hydroxylation sites is 1. The number of anilines is 1. The van der Waals surface area contributed by atoms with Crippen LogP contribution in [0.1, 0.15) is 39.0 Å². The Hall–Kier alpha value is -1.44. The van der Waals surface area contributed by atoms with E-state index in [0.29, 0.717) is 31.3 Å². The number of carbonyl (C=O) groups is 1. The summed E-state index contributed by atoms with van der Waals surface area (Å²) in [7, 11) is -3.60. The number of rotatable bonds is 7. The Labute approximate surface area is 149 Å². The van der Waals surface area contributed by atoms with E-state index in [1.807, 2.05) is 0 Å². The highest BCUT2D eigenvalue weighted by Crippen LogP contribution is 2.30. The third-order valence-corrected chi connectivity index (χ3v) is 6.68. The molecule has 6 nitrogen and oxygen atoms in total. The number of hydrogen-bond acceptors (Lipinski definition) is 4. The molecule has 1 amide bonds. The summed E-state index contributed by atoms with van der Waals surface area (Å²) in [4.78, 5) is 12.5. The molecule has 3 rings (SSSR count). The molecule has 25 heavy (non-hydrogen) atoms. The SMILES string of the molecule is CC(OCC1CC1)C(=O)Nc1ccccc1S(=O)(=O)N1CCCCC1. The summed E-state index contributed by atoms with van der Waals surface area (Å²) in [5.74, 6) is 0.254. The van der Waals surface area contributed by atoms with Crippen molar-refractivity contribution < 1.29 is 17.9 Å². The van der Waals surface area contributed by atoms with E-state index in [9.17, 15) is 13.2 Å². The molecule has 1 N–H and O–H groups in total.